The molecule has 0 heterocycles. The zero-order chi connectivity index (χ0) is 23.7. The summed E-state index contributed by atoms with van der Waals surface area (Å²) in [6, 6.07) is 6.66. The van der Waals surface area contributed by atoms with Crippen LogP contribution in [0.2, 0.25) is 0 Å². The number of carbonyl (C=O) groups excluding carboxylic acids is 2. The molecule has 0 unspecified atom stereocenters. The topological polar surface area (TPSA) is 55.4 Å². The van der Waals surface area contributed by atoms with Crippen molar-refractivity contribution in [2.24, 2.45) is 5.41 Å². The molecule has 0 fully saturated rings. The van der Waals surface area contributed by atoms with Crippen LogP contribution in [0.25, 0.3) is 0 Å². The minimum Gasteiger partial charge on any atom is -0.427 e. The second-order valence-electron chi connectivity index (χ2n) is 9.03. The van der Waals surface area contributed by atoms with Gasteiger partial charge in [0.05, 0.1) is 0 Å². The zero-order valence-electron chi connectivity index (χ0n) is 20.1. The van der Waals surface area contributed by atoms with Crippen LogP contribution in [0.15, 0.2) is 83.0 Å². The molecule has 170 valence electrons. The summed E-state index contributed by atoms with van der Waals surface area (Å²) in [4.78, 5) is 23.2. The molecule has 1 aliphatic rings. The van der Waals surface area contributed by atoms with Gasteiger partial charge in [0.15, 0.2) is 0 Å². The third kappa shape index (κ3) is 8.18. The summed E-state index contributed by atoms with van der Waals surface area (Å²) in [5.74, 6) is -0.147. The maximum atomic E-state index is 12.2. The molecule has 1 aromatic rings. The molecular weight excluding hydrogens is 398 g/mol. The first-order valence-electron chi connectivity index (χ1n) is 11.1. The van der Waals surface area contributed by atoms with Crippen molar-refractivity contribution in [2.75, 3.05) is 5.32 Å². The van der Waals surface area contributed by atoms with Crippen LogP contribution in [0.4, 0.5) is 5.69 Å². The number of amides is 1. The van der Waals surface area contributed by atoms with Crippen molar-refractivity contribution in [3.05, 3.63) is 83.0 Å². The van der Waals surface area contributed by atoms with Crippen LogP contribution in [-0.2, 0) is 9.59 Å². The lowest BCUT2D eigenvalue weighted by Gasteiger charge is -2.32. The van der Waals surface area contributed by atoms with E-state index in [2.05, 4.69) is 45.2 Å². The van der Waals surface area contributed by atoms with Gasteiger partial charge in [0.25, 0.3) is 0 Å². The maximum absolute atomic E-state index is 12.2. The fourth-order valence-electron chi connectivity index (χ4n) is 3.84. The number of rotatable bonds is 7. The molecule has 0 aliphatic heterocycles. The van der Waals surface area contributed by atoms with Gasteiger partial charge in [-0.15, -0.1) is 0 Å². The Hall–Kier alpha value is -3.14. The summed E-state index contributed by atoms with van der Waals surface area (Å²) < 4.78 is 4.98. The average molecular weight is 434 g/mol. The molecule has 4 heteroatoms. The van der Waals surface area contributed by atoms with E-state index >= 15 is 0 Å². The van der Waals surface area contributed by atoms with Crippen LogP contribution in [-0.4, -0.2) is 11.9 Å². The van der Waals surface area contributed by atoms with E-state index in [-0.39, 0.29) is 17.3 Å². The number of carbonyl (C=O) groups is 2. The van der Waals surface area contributed by atoms with Crippen LogP contribution in [0.3, 0.4) is 0 Å². The average Bonchev–Trinajstić information content (AvgIpc) is 2.68. The number of hydrogen-bond acceptors (Lipinski definition) is 3. The van der Waals surface area contributed by atoms with Crippen molar-refractivity contribution in [3.8, 4) is 5.75 Å². The molecule has 0 saturated heterocycles. The first-order chi connectivity index (χ1) is 15.1. The second kappa shape index (κ2) is 11.5. The Balaban J connectivity index is 1.93. The summed E-state index contributed by atoms with van der Waals surface area (Å²) in [7, 11) is 0. The fraction of sp³-hybridized carbons (Fsp3) is 0.357. The summed E-state index contributed by atoms with van der Waals surface area (Å²) in [5.41, 5.74) is 5.82. The molecule has 1 aromatic carbocycles. The third-order valence-electron chi connectivity index (χ3n) is 5.52. The van der Waals surface area contributed by atoms with Crippen molar-refractivity contribution < 1.29 is 14.3 Å². The Kier molecular flexibility index (Phi) is 9.01. The minimum atomic E-state index is -0.378. The second-order valence-corrected chi connectivity index (χ2v) is 9.03. The van der Waals surface area contributed by atoms with Gasteiger partial charge >= 0.3 is 5.97 Å². The van der Waals surface area contributed by atoms with Gasteiger partial charge in [0.2, 0.25) is 5.91 Å². The smallest absolute Gasteiger partial charge is 0.308 e. The van der Waals surface area contributed by atoms with Crippen molar-refractivity contribution in [1.82, 2.24) is 0 Å². The SMILES string of the molecule is CC(=O)Oc1ccc(NC(=O)/C=C(C)/C=C/C=C(C)\C=C\C2=C(C)CCCC2(C)C)cc1. The van der Waals surface area contributed by atoms with Gasteiger partial charge in [-0.3, -0.25) is 9.59 Å². The van der Waals surface area contributed by atoms with E-state index in [1.165, 1.54) is 37.3 Å². The van der Waals surface area contributed by atoms with Crippen LogP contribution in [0.5, 0.6) is 5.75 Å². The molecule has 1 amide bonds. The summed E-state index contributed by atoms with van der Waals surface area (Å²) in [6.07, 6.45) is 15.6. The fourth-order valence-corrected chi connectivity index (χ4v) is 3.84. The van der Waals surface area contributed by atoms with E-state index in [1.807, 2.05) is 25.2 Å². The largest absolute Gasteiger partial charge is 0.427 e. The molecule has 4 nitrogen and oxygen atoms in total. The number of benzene rings is 1. The zero-order valence-corrected chi connectivity index (χ0v) is 20.1. The molecule has 0 aromatic heterocycles. The molecule has 2 rings (SSSR count). The predicted octanol–water partition coefficient (Wildman–Crippen LogP) is 7.08. The van der Waals surface area contributed by atoms with Crippen LogP contribution < -0.4 is 10.1 Å². The Bertz CT molecular complexity index is 986. The molecule has 1 aliphatic carbocycles. The van der Waals surface area contributed by atoms with Crippen molar-refractivity contribution in [2.45, 2.75) is 60.8 Å². The van der Waals surface area contributed by atoms with E-state index < -0.39 is 0 Å². The highest BCUT2D eigenvalue weighted by Gasteiger charge is 2.26. The van der Waals surface area contributed by atoms with E-state index in [1.54, 1.807) is 30.3 Å². The highest BCUT2D eigenvalue weighted by atomic mass is 16.5. The highest BCUT2D eigenvalue weighted by Crippen LogP contribution is 2.40. The van der Waals surface area contributed by atoms with Crippen molar-refractivity contribution in [1.29, 1.82) is 0 Å². The molecular formula is C28H35NO3. The Morgan fingerprint density at radius 3 is 2.34 bits per heavy atom. The summed E-state index contributed by atoms with van der Waals surface area (Å²) in [5, 5.41) is 2.80. The molecule has 32 heavy (non-hydrogen) atoms. The molecule has 0 spiro atoms. The molecule has 0 saturated carbocycles. The van der Waals surface area contributed by atoms with Gasteiger partial charge < -0.3 is 10.1 Å². The molecule has 0 radical (unpaired) electrons. The number of anilines is 1. The monoisotopic (exact) mass is 433 g/mol. The lowest BCUT2D eigenvalue weighted by atomic mass is 9.72. The van der Waals surface area contributed by atoms with E-state index in [4.69, 9.17) is 4.74 Å². The number of allylic oxidation sites excluding steroid dienone is 9. The molecule has 0 atom stereocenters. The van der Waals surface area contributed by atoms with Crippen LogP contribution in [0, 0.1) is 5.41 Å². The quantitative estimate of drug-likeness (QED) is 0.216. The van der Waals surface area contributed by atoms with Crippen LogP contribution >= 0.6 is 0 Å². The van der Waals surface area contributed by atoms with Crippen molar-refractivity contribution >= 4 is 17.6 Å². The van der Waals surface area contributed by atoms with Gasteiger partial charge in [-0.1, -0.05) is 55.4 Å². The number of esters is 1. The number of ether oxygens (including phenoxy) is 1. The number of nitrogens with one attached hydrogen (secondary N) is 1. The molecule has 0 bridgehead atoms. The van der Waals surface area contributed by atoms with Crippen molar-refractivity contribution in [3.63, 3.8) is 0 Å². The van der Waals surface area contributed by atoms with Gasteiger partial charge in [-0.25, -0.2) is 0 Å². The third-order valence-corrected chi connectivity index (χ3v) is 5.52. The van der Waals surface area contributed by atoms with E-state index in [9.17, 15) is 9.59 Å². The summed E-state index contributed by atoms with van der Waals surface area (Å²) >= 11 is 0. The van der Waals surface area contributed by atoms with E-state index in [0.29, 0.717) is 11.4 Å². The Morgan fingerprint density at radius 2 is 1.72 bits per heavy atom. The lowest BCUT2D eigenvalue weighted by molar-refractivity contribution is -0.131. The van der Waals surface area contributed by atoms with Crippen LogP contribution in [0.1, 0.15) is 60.8 Å². The minimum absolute atomic E-state index is 0.213. The van der Waals surface area contributed by atoms with Gasteiger partial charge in [0.1, 0.15) is 5.75 Å². The number of hydrogen-bond donors (Lipinski definition) is 1. The highest BCUT2D eigenvalue weighted by molar-refractivity contribution is 6.00. The summed E-state index contributed by atoms with van der Waals surface area (Å²) in [6.45, 7) is 12.2. The van der Waals surface area contributed by atoms with Gasteiger partial charge in [-0.05, 0) is 80.9 Å². The standard InChI is InChI=1S/C28H35NO3/c1-20(12-17-26-22(3)11-8-18-28(26,5)6)9-7-10-21(2)19-27(31)29-24-13-15-25(16-14-24)32-23(4)30/h7,9-10,12-17,19H,8,11,18H2,1-6H3,(H,29,31)/b10-7+,17-12+,20-9-,21-19+. The van der Waals surface area contributed by atoms with Gasteiger partial charge in [0, 0.05) is 18.7 Å². The first-order valence-corrected chi connectivity index (χ1v) is 11.1. The lowest BCUT2D eigenvalue weighted by Crippen LogP contribution is -2.19. The maximum Gasteiger partial charge on any atom is 0.308 e. The predicted molar refractivity (Wildman–Crippen MR) is 133 cm³/mol. The Labute approximate surface area is 192 Å². The normalized spacial score (nSPS) is 17.2. The molecule has 1 N–H and O–H groups in total. The first kappa shape index (κ1) is 25.1. The van der Waals surface area contributed by atoms with Gasteiger partial charge in [-0.2, -0.15) is 0 Å². The Morgan fingerprint density at radius 1 is 1.03 bits per heavy atom. The van der Waals surface area contributed by atoms with E-state index in [0.717, 1.165) is 11.1 Å².